The second-order valence-corrected chi connectivity index (χ2v) is 11.8. The van der Waals surface area contributed by atoms with Crippen LogP contribution in [0, 0.1) is 0 Å². The van der Waals surface area contributed by atoms with Crippen molar-refractivity contribution in [2.45, 2.75) is 0 Å². The average Bonchev–Trinajstić information content (AvgIpc) is 3.52. The van der Waals surface area contributed by atoms with Gasteiger partial charge in [-0.25, -0.2) is 0 Å². The van der Waals surface area contributed by atoms with Crippen molar-refractivity contribution in [2.75, 3.05) is 4.90 Å². The molecule has 8 aromatic carbocycles. The molecule has 0 radical (unpaired) electrons. The van der Waals surface area contributed by atoms with Gasteiger partial charge in [0, 0.05) is 33.4 Å². The predicted molar refractivity (Wildman–Crippen MR) is 194 cm³/mol. The Morgan fingerprint density at radius 3 is 1.74 bits per heavy atom. The third kappa shape index (κ3) is 4.43. The van der Waals surface area contributed by atoms with Crippen LogP contribution in [-0.4, -0.2) is 0 Å². The van der Waals surface area contributed by atoms with Gasteiger partial charge < -0.3 is 9.32 Å². The molecule has 0 saturated heterocycles. The van der Waals surface area contributed by atoms with E-state index in [-0.39, 0.29) is 0 Å². The van der Waals surface area contributed by atoms with Gasteiger partial charge in [-0.3, -0.25) is 0 Å². The van der Waals surface area contributed by atoms with Crippen molar-refractivity contribution in [3.63, 3.8) is 0 Å². The first-order valence-corrected chi connectivity index (χ1v) is 15.7. The van der Waals surface area contributed by atoms with E-state index in [9.17, 15) is 0 Å². The number of nitrogens with zero attached hydrogens (tertiary/aromatic N) is 1. The van der Waals surface area contributed by atoms with Crippen molar-refractivity contribution >= 4 is 60.5 Å². The maximum Gasteiger partial charge on any atom is 0.143 e. The van der Waals surface area contributed by atoms with Crippen LogP contribution in [0.5, 0.6) is 0 Å². The average molecular weight is 588 g/mol. The van der Waals surface area contributed by atoms with Gasteiger partial charge in [0.1, 0.15) is 11.2 Å². The lowest BCUT2D eigenvalue weighted by molar-refractivity contribution is 0.670. The molecule has 0 aliphatic carbocycles. The number of anilines is 3. The van der Waals surface area contributed by atoms with Gasteiger partial charge in [0.25, 0.3) is 0 Å². The smallest absolute Gasteiger partial charge is 0.143 e. The Kier molecular flexibility index (Phi) is 6.17. The third-order valence-electron chi connectivity index (χ3n) is 9.06. The molecule has 0 N–H and O–H groups in total. The van der Waals surface area contributed by atoms with Gasteiger partial charge in [-0.05, 0) is 80.7 Å². The van der Waals surface area contributed by atoms with E-state index in [4.69, 9.17) is 4.42 Å². The monoisotopic (exact) mass is 587 g/mol. The van der Waals surface area contributed by atoms with E-state index in [1.165, 1.54) is 32.7 Å². The number of benzene rings is 8. The molecule has 9 rings (SSSR count). The van der Waals surface area contributed by atoms with Gasteiger partial charge in [0.2, 0.25) is 0 Å². The standard InChI is InChI=1S/C44H29NO/c1-2-9-30(10-3-1)31-19-23-35(24-20-31)45(37-27-28-39-34(29-37)18-17-32-11-4-5-12-38(32)39)36-25-21-33(22-26-36)40-14-8-15-42-41-13-6-7-16-43(41)46-44(40)42/h1-29H. The van der Waals surface area contributed by atoms with Gasteiger partial charge in [-0.15, -0.1) is 0 Å². The van der Waals surface area contributed by atoms with Crippen LogP contribution in [0.1, 0.15) is 0 Å². The maximum atomic E-state index is 6.36. The Labute approximate surface area is 267 Å². The molecular weight excluding hydrogens is 558 g/mol. The van der Waals surface area contributed by atoms with E-state index in [0.717, 1.165) is 50.1 Å². The Morgan fingerprint density at radius 2 is 0.935 bits per heavy atom. The first-order valence-electron chi connectivity index (χ1n) is 15.7. The minimum Gasteiger partial charge on any atom is -0.455 e. The molecule has 0 saturated carbocycles. The third-order valence-corrected chi connectivity index (χ3v) is 9.06. The topological polar surface area (TPSA) is 16.4 Å². The summed E-state index contributed by atoms with van der Waals surface area (Å²) in [4.78, 5) is 2.34. The highest BCUT2D eigenvalue weighted by Crippen LogP contribution is 2.40. The van der Waals surface area contributed by atoms with E-state index in [1.54, 1.807) is 0 Å². The summed E-state index contributed by atoms with van der Waals surface area (Å²) in [6, 6.07) is 62.7. The molecule has 0 atom stereocenters. The summed E-state index contributed by atoms with van der Waals surface area (Å²) < 4.78 is 6.36. The number of hydrogen-bond acceptors (Lipinski definition) is 2. The summed E-state index contributed by atoms with van der Waals surface area (Å²) in [6.45, 7) is 0. The van der Waals surface area contributed by atoms with Gasteiger partial charge in [0.05, 0.1) is 0 Å². The molecule has 1 aromatic heterocycles. The van der Waals surface area contributed by atoms with Crippen LogP contribution in [-0.2, 0) is 0 Å². The first-order chi connectivity index (χ1) is 22.8. The Balaban J connectivity index is 1.16. The summed E-state index contributed by atoms with van der Waals surface area (Å²) in [5.41, 5.74) is 9.77. The molecule has 1 heterocycles. The zero-order valence-corrected chi connectivity index (χ0v) is 25.1. The number of fused-ring (bicyclic) bond motifs is 6. The molecule has 0 spiro atoms. The van der Waals surface area contributed by atoms with Crippen LogP contribution in [0.2, 0.25) is 0 Å². The molecule has 46 heavy (non-hydrogen) atoms. The molecule has 0 unspecified atom stereocenters. The quantitative estimate of drug-likeness (QED) is 0.186. The van der Waals surface area contributed by atoms with Gasteiger partial charge in [-0.1, -0.05) is 133 Å². The molecule has 2 nitrogen and oxygen atoms in total. The minimum absolute atomic E-state index is 0.913. The van der Waals surface area contributed by atoms with Crippen LogP contribution in [0.15, 0.2) is 180 Å². The highest BCUT2D eigenvalue weighted by atomic mass is 16.3. The Morgan fingerprint density at radius 1 is 0.348 bits per heavy atom. The van der Waals surface area contributed by atoms with Crippen LogP contribution in [0.4, 0.5) is 17.1 Å². The molecule has 0 aliphatic heterocycles. The normalized spacial score (nSPS) is 11.5. The van der Waals surface area contributed by atoms with Crippen molar-refractivity contribution in [2.24, 2.45) is 0 Å². The zero-order chi connectivity index (χ0) is 30.5. The Bertz CT molecular complexity index is 2510. The number of rotatable bonds is 5. The van der Waals surface area contributed by atoms with E-state index >= 15 is 0 Å². The van der Waals surface area contributed by atoms with E-state index in [2.05, 4.69) is 169 Å². The molecular formula is C44H29NO. The summed E-state index contributed by atoms with van der Waals surface area (Å²) in [7, 11) is 0. The van der Waals surface area contributed by atoms with Crippen molar-refractivity contribution < 1.29 is 4.42 Å². The van der Waals surface area contributed by atoms with E-state index in [1.807, 2.05) is 12.1 Å². The van der Waals surface area contributed by atoms with Crippen molar-refractivity contribution in [3.8, 4) is 22.3 Å². The highest BCUT2D eigenvalue weighted by Gasteiger charge is 2.16. The van der Waals surface area contributed by atoms with Gasteiger partial charge >= 0.3 is 0 Å². The van der Waals surface area contributed by atoms with Crippen LogP contribution in [0.3, 0.4) is 0 Å². The fourth-order valence-corrected chi connectivity index (χ4v) is 6.78. The van der Waals surface area contributed by atoms with Crippen LogP contribution >= 0.6 is 0 Å². The zero-order valence-electron chi connectivity index (χ0n) is 25.1. The largest absolute Gasteiger partial charge is 0.455 e. The summed E-state index contributed by atoms with van der Waals surface area (Å²) in [5, 5.41) is 7.29. The summed E-state index contributed by atoms with van der Waals surface area (Å²) in [6.07, 6.45) is 0. The maximum absolute atomic E-state index is 6.36. The molecule has 216 valence electrons. The van der Waals surface area contributed by atoms with Crippen LogP contribution in [0.25, 0.3) is 65.7 Å². The number of para-hydroxylation sites is 2. The number of hydrogen-bond donors (Lipinski definition) is 0. The SMILES string of the molecule is c1ccc(-c2ccc(N(c3ccc(-c4cccc5c4oc4ccccc45)cc3)c3ccc4c(ccc5ccccc54)c3)cc2)cc1. The van der Waals surface area contributed by atoms with E-state index in [0.29, 0.717) is 0 Å². The fraction of sp³-hybridized carbons (Fsp3) is 0. The first kappa shape index (κ1) is 26.3. The molecule has 2 heteroatoms. The molecule has 0 fully saturated rings. The molecule has 9 aromatic rings. The minimum atomic E-state index is 0.913. The lowest BCUT2D eigenvalue weighted by Crippen LogP contribution is -2.09. The molecule has 0 amide bonds. The lowest BCUT2D eigenvalue weighted by atomic mass is 10.00. The fourth-order valence-electron chi connectivity index (χ4n) is 6.78. The Hall–Kier alpha value is -6.12. The van der Waals surface area contributed by atoms with Crippen molar-refractivity contribution in [3.05, 3.63) is 176 Å². The summed E-state index contributed by atoms with van der Waals surface area (Å²) >= 11 is 0. The van der Waals surface area contributed by atoms with Gasteiger partial charge in [0.15, 0.2) is 0 Å². The second kappa shape index (κ2) is 10.8. The van der Waals surface area contributed by atoms with Crippen molar-refractivity contribution in [1.82, 2.24) is 0 Å². The molecule has 0 aliphatic rings. The predicted octanol–water partition coefficient (Wildman–Crippen LogP) is 12.7. The lowest BCUT2D eigenvalue weighted by Gasteiger charge is -2.26. The van der Waals surface area contributed by atoms with Crippen molar-refractivity contribution in [1.29, 1.82) is 0 Å². The van der Waals surface area contributed by atoms with Gasteiger partial charge in [-0.2, -0.15) is 0 Å². The van der Waals surface area contributed by atoms with Crippen LogP contribution < -0.4 is 4.90 Å². The number of furan rings is 1. The molecule has 0 bridgehead atoms. The van der Waals surface area contributed by atoms with E-state index < -0.39 is 0 Å². The highest BCUT2D eigenvalue weighted by molar-refractivity contribution is 6.10. The second-order valence-electron chi connectivity index (χ2n) is 11.8. The summed E-state index contributed by atoms with van der Waals surface area (Å²) in [5.74, 6) is 0.